The van der Waals surface area contributed by atoms with Gasteiger partial charge in [-0.15, -0.1) is 11.3 Å². The number of aryl methyl sites for hydroxylation is 1. The van der Waals surface area contributed by atoms with Gasteiger partial charge in [0.1, 0.15) is 0 Å². The van der Waals surface area contributed by atoms with Crippen molar-refractivity contribution >= 4 is 39.7 Å². The Labute approximate surface area is 129 Å². The van der Waals surface area contributed by atoms with Gasteiger partial charge in [0, 0.05) is 19.5 Å². The van der Waals surface area contributed by atoms with E-state index < -0.39 is 6.85 Å². The first-order valence-electron chi connectivity index (χ1n) is 8.54. The summed E-state index contributed by atoms with van der Waals surface area (Å²) in [7, 11) is 0. The van der Waals surface area contributed by atoms with Crippen molar-refractivity contribution < 1.29 is 6.85 Å². The minimum Gasteiger partial charge on any atom is -0.256 e. The van der Waals surface area contributed by atoms with E-state index in [-0.39, 0.29) is 23.3 Å². The molecule has 2 heterocycles. The fourth-order valence-corrected chi connectivity index (χ4v) is 3.06. The second-order valence-corrected chi connectivity index (χ2v) is 5.46. The van der Waals surface area contributed by atoms with E-state index >= 15 is 0 Å². The zero-order valence-electron chi connectivity index (χ0n) is 15.7. The predicted molar refractivity (Wildman–Crippen MR) is 89.1 cm³/mol. The highest BCUT2D eigenvalue weighted by Gasteiger charge is 2.01. The zero-order valence-corrected chi connectivity index (χ0v) is 11.6. The van der Waals surface area contributed by atoms with Crippen LogP contribution in [-0.2, 0) is 0 Å². The van der Waals surface area contributed by atoms with Crippen molar-refractivity contribution in [2.24, 2.45) is 0 Å². The summed E-state index contributed by atoms with van der Waals surface area (Å²) in [5, 5.41) is 1.93. The van der Waals surface area contributed by atoms with Crippen molar-refractivity contribution in [2.45, 2.75) is 6.85 Å². The highest BCUT2D eigenvalue weighted by atomic mass is 32.1. The number of thiophene rings is 1. The Kier molecular flexibility index (Phi) is 2.07. The molecule has 0 atom stereocenters. The summed E-state index contributed by atoms with van der Waals surface area (Å²) in [4.78, 5) is 4.07. The summed E-state index contributed by atoms with van der Waals surface area (Å²) in [5.41, 5.74) is 0.427. The maximum atomic E-state index is 8.08. The van der Waals surface area contributed by atoms with E-state index in [1.165, 1.54) is 0 Å². The molecule has 0 unspecified atom stereocenters. The highest BCUT2D eigenvalue weighted by Crippen LogP contribution is 2.14. The minimum absolute atomic E-state index is 0.204. The van der Waals surface area contributed by atoms with Crippen LogP contribution in [0.3, 0.4) is 0 Å². The molecule has 2 aromatic heterocycles. The monoisotopic (exact) mass is 282 g/mol. The summed E-state index contributed by atoms with van der Waals surface area (Å²) in [6, 6.07) is 7.34. The smallest absolute Gasteiger partial charge is 0.0696 e. The topological polar surface area (TPSA) is 12.9 Å². The standard InChI is InChI=1S/C18H15NS/c1-12-8-9-16(19-11-12)13(2)10-18-14(3)15-6-4-5-7-17(15)20-18/h4-11H,2-3H2,1H3/b18-10+/i1D3,8D,9D. The maximum absolute atomic E-state index is 8.08. The number of benzene rings is 1. The van der Waals surface area contributed by atoms with Crippen LogP contribution in [0.2, 0.25) is 0 Å². The molecule has 20 heavy (non-hydrogen) atoms. The Bertz CT molecular complexity index is 1100. The molecular formula is C18H15NS. The number of nitrogens with zero attached hydrogens (tertiary/aromatic N) is 1. The first-order valence-corrected chi connectivity index (χ1v) is 6.86. The average Bonchev–Trinajstić information content (AvgIpc) is 2.85. The van der Waals surface area contributed by atoms with E-state index in [0.717, 1.165) is 26.0 Å². The molecule has 0 aliphatic rings. The zero-order chi connectivity index (χ0) is 18.4. The van der Waals surface area contributed by atoms with Gasteiger partial charge in [-0.05, 0) is 46.8 Å². The number of fused-ring (bicyclic) bond motifs is 1. The summed E-state index contributed by atoms with van der Waals surface area (Å²) >= 11 is 1.56. The number of hydrogen-bond acceptors (Lipinski definition) is 2. The summed E-state index contributed by atoms with van der Waals surface area (Å²) < 4.78 is 40.3. The molecule has 2 heteroatoms. The molecule has 0 aliphatic heterocycles. The third kappa shape index (κ3) is 2.30. The number of aromatic nitrogens is 1. The van der Waals surface area contributed by atoms with E-state index in [4.69, 9.17) is 6.85 Å². The molecule has 3 rings (SSSR count). The van der Waals surface area contributed by atoms with Gasteiger partial charge in [0.25, 0.3) is 0 Å². The van der Waals surface area contributed by atoms with Crippen LogP contribution < -0.4 is 9.75 Å². The third-order valence-corrected chi connectivity index (χ3v) is 4.14. The number of rotatable bonds is 2. The molecule has 0 aliphatic carbocycles. The molecule has 1 nitrogen and oxygen atoms in total. The van der Waals surface area contributed by atoms with E-state index in [1.807, 2.05) is 24.3 Å². The van der Waals surface area contributed by atoms with Crippen molar-refractivity contribution in [3.63, 3.8) is 0 Å². The van der Waals surface area contributed by atoms with Gasteiger partial charge in [0.2, 0.25) is 0 Å². The van der Waals surface area contributed by atoms with Gasteiger partial charge in [-0.3, -0.25) is 4.98 Å². The van der Waals surface area contributed by atoms with Crippen LogP contribution in [0.15, 0.2) is 49.1 Å². The van der Waals surface area contributed by atoms with Crippen LogP contribution in [0.25, 0.3) is 28.3 Å². The fraction of sp³-hybridized carbons (Fsp3) is 0.0556. The molecule has 0 spiro atoms. The molecule has 0 radical (unpaired) electrons. The Balaban J connectivity index is 2.11. The molecule has 3 aromatic rings. The normalized spacial score (nSPS) is 16.2. The van der Waals surface area contributed by atoms with Gasteiger partial charge < -0.3 is 0 Å². The van der Waals surface area contributed by atoms with Crippen molar-refractivity contribution in [1.82, 2.24) is 4.98 Å². The van der Waals surface area contributed by atoms with Crippen molar-refractivity contribution in [3.8, 4) is 0 Å². The number of allylic oxidation sites excluding steroid dienone is 1. The Morgan fingerprint density at radius 2 is 2.25 bits per heavy atom. The van der Waals surface area contributed by atoms with Crippen molar-refractivity contribution in [3.05, 3.63) is 70.1 Å². The van der Waals surface area contributed by atoms with Crippen LogP contribution in [-0.4, -0.2) is 4.98 Å². The van der Waals surface area contributed by atoms with Gasteiger partial charge in [0.15, 0.2) is 0 Å². The minimum atomic E-state index is -2.46. The van der Waals surface area contributed by atoms with Gasteiger partial charge >= 0.3 is 0 Å². The molecule has 0 saturated carbocycles. The van der Waals surface area contributed by atoms with E-state index in [9.17, 15) is 0 Å². The van der Waals surface area contributed by atoms with Crippen molar-refractivity contribution in [2.75, 3.05) is 0 Å². The van der Waals surface area contributed by atoms with Crippen LogP contribution >= 0.6 is 11.3 Å². The van der Waals surface area contributed by atoms with Crippen LogP contribution in [0.4, 0.5) is 0 Å². The molecule has 0 N–H and O–H groups in total. The summed E-state index contributed by atoms with van der Waals surface area (Å²) in [5.74, 6) is 0. The first-order chi connectivity index (χ1) is 11.7. The van der Waals surface area contributed by atoms with Crippen LogP contribution in [0, 0.1) is 6.85 Å². The Morgan fingerprint density at radius 3 is 3.05 bits per heavy atom. The second kappa shape index (κ2) is 5.06. The molecule has 1 aromatic carbocycles. The van der Waals surface area contributed by atoms with Gasteiger partial charge in [-0.25, -0.2) is 0 Å². The van der Waals surface area contributed by atoms with Crippen LogP contribution in [0.1, 0.15) is 18.1 Å². The van der Waals surface area contributed by atoms with Gasteiger partial charge in [-0.1, -0.05) is 37.4 Å². The largest absolute Gasteiger partial charge is 0.256 e. The van der Waals surface area contributed by atoms with Crippen LogP contribution in [0.5, 0.6) is 0 Å². The SMILES string of the molecule is [2H]c1c(C([2H])([2H])[2H])cnc(C(=C)/C=c2/sc3ccccc3c2=C)c1[2H]. The summed E-state index contributed by atoms with van der Waals surface area (Å²) in [6.07, 6.45) is 2.92. The van der Waals surface area contributed by atoms with Gasteiger partial charge in [-0.2, -0.15) is 0 Å². The second-order valence-electron chi connectivity index (χ2n) is 4.38. The van der Waals surface area contributed by atoms with E-state index in [1.54, 1.807) is 17.4 Å². The highest BCUT2D eigenvalue weighted by molar-refractivity contribution is 7.17. The number of pyridine rings is 1. The lowest BCUT2D eigenvalue weighted by Gasteiger charge is -1.99. The maximum Gasteiger partial charge on any atom is 0.0696 e. The molecule has 0 bridgehead atoms. The van der Waals surface area contributed by atoms with E-state index in [0.29, 0.717) is 5.57 Å². The molecule has 98 valence electrons. The molecular weight excluding hydrogens is 262 g/mol. The van der Waals surface area contributed by atoms with E-state index in [2.05, 4.69) is 18.1 Å². The Hall–Kier alpha value is -2.19. The average molecular weight is 282 g/mol. The number of hydrogen-bond donors (Lipinski definition) is 0. The lowest BCUT2D eigenvalue weighted by atomic mass is 10.1. The predicted octanol–water partition coefficient (Wildman–Crippen LogP) is 3.51. The lowest BCUT2D eigenvalue weighted by molar-refractivity contribution is 1.24. The molecule has 0 fully saturated rings. The lowest BCUT2D eigenvalue weighted by Crippen LogP contribution is -2.16. The van der Waals surface area contributed by atoms with Crippen molar-refractivity contribution in [1.29, 1.82) is 0 Å². The Morgan fingerprint density at radius 1 is 1.40 bits per heavy atom. The molecule has 0 saturated heterocycles. The first kappa shape index (κ1) is 8.18. The quantitative estimate of drug-likeness (QED) is 0.701. The third-order valence-electron chi connectivity index (χ3n) is 2.98. The fourth-order valence-electron chi connectivity index (χ4n) is 1.94. The van der Waals surface area contributed by atoms with Gasteiger partial charge in [0.05, 0.1) is 8.44 Å². The summed E-state index contributed by atoms with van der Waals surface area (Å²) in [6.45, 7) is 5.58. The molecule has 0 amide bonds.